The summed E-state index contributed by atoms with van der Waals surface area (Å²) in [4.78, 5) is 4.17. The lowest BCUT2D eigenvalue weighted by Gasteiger charge is -2.23. The summed E-state index contributed by atoms with van der Waals surface area (Å²) in [5.41, 5.74) is 4.38. The summed E-state index contributed by atoms with van der Waals surface area (Å²) in [7, 11) is 0. The van der Waals surface area contributed by atoms with Gasteiger partial charge < -0.3 is 5.32 Å². The van der Waals surface area contributed by atoms with Gasteiger partial charge in [0.15, 0.2) is 0 Å². The van der Waals surface area contributed by atoms with E-state index in [1.807, 2.05) is 18.5 Å². The molecular formula is C16H19N2+. The molecule has 0 saturated carbocycles. The van der Waals surface area contributed by atoms with Gasteiger partial charge >= 0.3 is 0 Å². The van der Waals surface area contributed by atoms with Crippen molar-refractivity contribution >= 4 is 0 Å². The number of aryl methyl sites for hydroxylation is 1. The normalized spacial score (nSPS) is 18.3. The number of fused-ring (bicyclic) bond motifs is 1. The Morgan fingerprint density at radius 1 is 1.17 bits per heavy atom. The van der Waals surface area contributed by atoms with Crippen LogP contribution in [0.1, 0.15) is 35.6 Å². The number of rotatable bonds is 3. The molecule has 0 saturated heterocycles. The number of nitrogens with zero attached hydrogens (tertiary/aromatic N) is 1. The minimum atomic E-state index is 0.621. The van der Waals surface area contributed by atoms with Crippen molar-refractivity contribution in [2.45, 2.75) is 31.8 Å². The van der Waals surface area contributed by atoms with E-state index in [2.05, 4.69) is 40.6 Å². The highest BCUT2D eigenvalue weighted by atomic mass is 14.9. The molecule has 0 amide bonds. The van der Waals surface area contributed by atoms with Crippen LogP contribution in [-0.2, 0) is 13.0 Å². The Hall–Kier alpha value is -1.67. The molecule has 0 bridgehead atoms. The summed E-state index contributed by atoms with van der Waals surface area (Å²) < 4.78 is 0. The average molecular weight is 239 g/mol. The molecule has 1 heterocycles. The molecule has 3 rings (SSSR count). The minimum absolute atomic E-state index is 0.621. The van der Waals surface area contributed by atoms with E-state index in [1.54, 1.807) is 0 Å². The van der Waals surface area contributed by atoms with Crippen molar-refractivity contribution < 1.29 is 5.32 Å². The van der Waals surface area contributed by atoms with Crippen LogP contribution in [0.15, 0.2) is 48.8 Å². The first-order chi connectivity index (χ1) is 8.93. The fraction of sp³-hybridized carbons (Fsp3) is 0.312. The Morgan fingerprint density at radius 2 is 2.11 bits per heavy atom. The van der Waals surface area contributed by atoms with Crippen molar-refractivity contribution in [3.8, 4) is 0 Å². The Labute approximate surface area is 108 Å². The average Bonchev–Trinajstić information content (AvgIpc) is 2.46. The van der Waals surface area contributed by atoms with Crippen molar-refractivity contribution in [2.75, 3.05) is 0 Å². The van der Waals surface area contributed by atoms with Gasteiger partial charge in [-0.25, -0.2) is 0 Å². The van der Waals surface area contributed by atoms with Gasteiger partial charge in [0.05, 0.1) is 0 Å². The van der Waals surface area contributed by atoms with Gasteiger partial charge in [0.2, 0.25) is 0 Å². The van der Waals surface area contributed by atoms with Crippen LogP contribution < -0.4 is 5.32 Å². The van der Waals surface area contributed by atoms with Crippen LogP contribution in [0, 0.1) is 0 Å². The van der Waals surface area contributed by atoms with Crippen LogP contribution in [0.2, 0.25) is 0 Å². The highest BCUT2D eigenvalue weighted by molar-refractivity contribution is 5.30. The summed E-state index contributed by atoms with van der Waals surface area (Å²) in [6.45, 7) is 1.02. The van der Waals surface area contributed by atoms with E-state index < -0.39 is 0 Å². The van der Waals surface area contributed by atoms with Gasteiger partial charge in [-0.1, -0.05) is 30.3 Å². The van der Waals surface area contributed by atoms with E-state index in [-0.39, 0.29) is 0 Å². The number of hydrogen-bond donors (Lipinski definition) is 1. The Bertz CT molecular complexity index is 508. The Morgan fingerprint density at radius 3 is 3.00 bits per heavy atom. The molecule has 1 aliphatic rings. The van der Waals surface area contributed by atoms with Crippen molar-refractivity contribution in [1.29, 1.82) is 0 Å². The van der Waals surface area contributed by atoms with E-state index in [0.717, 1.165) is 6.54 Å². The molecule has 0 radical (unpaired) electrons. The molecule has 92 valence electrons. The molecule has 2 aromatic rings. The van der Waals surface area contributed by atoms with Crippen molar-refractivity contribution in [3.63, 3.8) is 0 Å². The van der Waals surface area contributed by atoms with Crippen molar-refractivity contribution in [2.24, 2.45) is 0 Å². The van der Waals surface area contributed by atoms with Crippen LogP contribution in [0.5, 0.6) is 0 Å². The summed E-state index contributed by atoms with van der Waals surface area (Å²) in [5.74, 6) is 0. The molecule has 0 unspecified atom stereocenters. The number of hydrogen-bond acceptors (Lipinski definition) is 1. The zero-order valence-corrected chi connectivity index (χ0v) is 10.5. The molecule has 1 atom stereocenters. The summed E-state index contributed by atoms with van der Waals surface area (Å²) >= 11 is 0. The van der Waals surface area contributed by atoms with E-state index in [4.69, 9.17) is 0 Å². The monoisotopic (exact) mass is 239 g/mol. The SMILES string of the molecule is c1cncc(C[NH2+][C@@H]2CCCc3ccccc32)c1. The van der Waals surface area contributed by atoms with Gasteiger partial charge in [0, 0.05) is 29.9 Å². The molecule has 1 aromatic carbocycles. The number of benzene rings is 1. The maximum absolute atomic E-state index is 4.17. The predicted octanol–water partition coefficient (Wildman–Crippen LogP) is 2.22. The quantitative estimate of drug-likeness (QED) is 0.874. The van der Waals surface area contributed by atoms with Crippen LogP contribution in [0.25, 0.3) is 0 Å². The van der Waals surface area contributed by atoms with E-state index in [1.165, 1.54) is 36.0 Å². The standard InChI is InChI=1S/C16H18N2/c1-2-8-15-14(6-1)7-3-9-16(15)18-12-13-5-4-10-17-11-13/h1-2,4-6,8,10-11,16,18H,3,7,9,12H2/p+1/t16-/m1/s1. The fourth-order valence-electron chi connectivity index (χ4n) is 2.83. The molecular weight excluding hydrogens is 220 g/mol. The first kappa shape index (κ1) is 11.4. The number of nitrogens with two attached hydrogens (primary N) is 1. The van der Waals surface area contributed by atoms with Crippen molar-refractivity contribution in [3.05, 3.63) is 65.5 Å². The van der Waals surface area contributed by atoms with Gasteiger partial charge in [-0.15, -0.1) is 0 Å². The second-order valence-corrected chi connectivity index (χ2v) is 5.00. The second kappa shape index (κ2) is 5.32. The summed E-state index contributed by atoms with van der Waals surface area (Å²) in [5, 5.41) is 2.45. The third kappa shape index (κ3) is 2.44. The van der Waals surface area contributed by atoms with Crippen molar-refractivity contribution in [1.82, 2.24) is 4.98 Å². The number of pyridine rings is 1. The summed E-state index contributed by atoms with van der Waals surface area (Å²) in [6.07, 6.45) is 7.64. The number of quaternary nitrogens is 1. The molecule has 0 fully saturated rings. The molecule has 2 N–H and O–H groups in total. The van der Waals surface area contributed by atoms with Crippen LogP contribution >= 0.6 is 0 Å². The smallest absolute Gasteiger partial charge is 0.112 e. The third-order valence-electron chi connectivity index (χ3n) is 3.78. The largest absolute Gasteiger partial charge is 0.336 e. The topological polar surface area (TPSA) is 29.5 Å². The highest BCUT2D eigenvalue weighted by Gasteiger charge is 2.21. The lowest BCUT2D eigenvalue weighted by molar-refractivity contribution is -0.712. The molecule has 0 aliphatic heterocycles. The zero-order valence-electron chi connectivity index (χ0n) is 10.5. The third-order valence-corrected chi connectivity index (χ3v) is 3.78. The maximum atomic E-state index is 4.17. The first-order valence-corrected chi connectivity index (χ1v) is 6.73. The van der Waals surface area contributed by atoms with E-state index in [0.29, 0.717) is 6.04 Å². The van der Waals surface area contributed by atoms with E-state index >= 15 is 0 Å². The minimum Gasteiger partial charge on any atom is -0.336 e. The van der Waals surface area contributed by atoms with Gasteiger partial charge in [-0.2, -0.15) is 0 Å². The first-order valence-electron chi connectivity index (χ1n) is 6.73. The molecule has 2 heteroatoms. The Kier molecular flexibility index (Phi) is 3.37. The Balaban J connectivity index is 1.71. The second-order valence-electron chi connectivity index (χ2n) is 5.00. The molecule has 1 aromatic heterocycles. The van der Waals surface area contributed by atoms with Crippen LogP contribution in [0.4, 0.5) is 0 Å². The lowest BCUT2D eigenvalue weighted by atomic mass is 9.88. The van der Waals surface area contributed by atoms with E-state index in [9.17, 15) is 0 Å². The molecule has 1 aliphatic carbocycles. The highest BCUT2D eigenvalue weighted by Crippen LogP contribution is 2.26. The number of aromatic nitrogens is 1. The van der Waals surface area contributed by atoms with Gasteiger partial charge in [-0.3, -0.25) is 4.98 Å². The molecule has 18 heavy (non-hydrogen) atoms. The summed E-state index contributed by atoms with van der Waals surface area (Å²) in [6, 6.07) is 13.7. The fourth-order valence-corrected chi connectivity index (χ4v) is 2.83. The zero-order chi connectivity index (χ0) is 12.2. The molecule has 0 spiro atoms. The van der Waals surface area contributed by atoms with Crippen LogP contribution in [0.3, 0.4) is 0 Å². The lowest BCUT2D eigenvalue weighted by Crippen LogP contribution is -2.84. The van der Waals surface area contributed by atoms with Gasteiger partial charge in [0.25, 0.3) is 0 Å². The maximum Gasteiger partial charge on any atom is 0.112 e. The molecule has 2 nitrogen and oxygen atoms in total. The predicted molar refractivity (Wildman–Crippen MR) is 72.0 cm³/mol. The van der Waals surface area contributed by atoms with Crippen LogP contribution in [-0.4, -0.2) is 4.98 Å². The van der Waals surface area contributed by atoms with Gasteiger partial charge in [-0.05, 0) is 24.5 Å². The van der Waals surface area contributed by atoms with Gasteiger partial charge in [0.1, 0.15) is 12.6 Å².